The number of rotatable bonds is 2. The number of hydrogen-bond acceptors (Lipinski definition) is 0. The molecule has 0 amide bonds. The van der Waals surface area contributed by atoms with Gasteiger partial charge in [-0.1, -0.05) is 0 Å². The van der Waals surface area contributed by atoms with E-state index in [0.717, 1.165) is 6.42 Å². The topological polar surface area (TPSA) is 3.88 Å². The van der Waals surface area contributed by atoms with E-state index < -0.39 is 0 Å². The van der Waals surface area contributed by atoms with Crippen molar-refractivity contribution in [3.05, 3.63) is 42.6 Å². The van der Waals surface area contributed by atoms with Gasteiger partial charge in [-0.3, -0.25) is 0 Å². The number of nitrogens with zero attached hydrogens (tertiary/aromatic N) is 1. The molecule has 0 radical (unpaired) electrons. The maximum Gasteiger partial charge on any atom is -1.00 e. The van der Waals surface area contributed by atoms with Crippen LogP contribution in [-0.4, -0.2) is 20.7 Å². The van der Waals surface area contributed by atoms with Crippen molar-refractivity contribution in [3.63, 3.8) is 0 Å². The first-order valence-corrected chi connectivity index (χ1v) is 6.51. The summed E-state index contributed by atoms with van der Waals surface area (Å²) in [4.78, 5) is 0. The third-order valence-electron chi connectivity index (χ3n) is 2.15. The van der Waals surface area contributed by atoms with E-state index in [2.05, 4.69) is 40.7 Å². The molecule has 1 heterocycles. The van der Waals surface area contributed by atoms with Crippen molar-refractivity contribution in [1.29, 1.82) is 0 Å². The van der Waals surface area contributed by atoms with Crippen molar-refractivity contribution in [2.75, 3.05) is 0 Å². The van der Waals surface area contributed by atoms with Crippen LogP contribution < -0.4 is 26.8 Å². The molecule has 0 saturated carbocycles. The smallest absolute Gasteiger partial charge is 1.00 e. The first-order valence-electron chi connectivity index (χ1n) is 4.30. The summed E-state index contributed by atoms with van der Waals surface area (Å²) in [5.74, 6) is 0. The van der Waals surface area contributed by atoms with E-state index in [1.807, 2.05) is 6.08 Å². The quantitative estimate of drug-likeness (QED) is 0.320. The number of halogens is 1. The van der Waals surface area contributed by atoms with Crippen LogP contribution in [0.15, 0.2) is 36.9 Å². The second kappa shape index (κ2) is 5.29. The van der Waals surface area contributed by atoms with Crippen LogP contribution in [0.5, 0.6) is 0 Å². The Morgan fingerprint density at radius 3 is 2.86 bits per heavy atom. The standard InChI is InChI=1S/C11H12NTe.HI/c1-3-6-10-9-7-4-5-8-11(9)13-12(10)2;/h3-5,7-8H,1,6H2,2H3;1H/q+1;/p-1. The molecule has 0 aliphatic heterocycles. The third-order valence-corrected chi connectivity index (χ3v) is 5.14. The maximum absolute atomic E-state index is 3.80. The van der Waals surface area contributed by atoms with Gasteiger partial charge >= 0.3 is 88.4 Å². The van der Waals surface area contributed by atoms with Gasteiger partial charge < -0.3 is 24.0 Å². The summed E-state index contributed by atoms with van der Waals surface area (Å²) in [6.07, 6.45) is 2.99. The molecule has 0 bridgehead atoms. The summed E-state index contributed by atoms with van der Waals surface area (Å²) in [6.45, 7) is 3.80. The SMILES string of the molecule is C=CCc1c2ccccc2[te][n+]1C.[I-]. The number of fused-ring (bicyclic) bond motifs is 1. The molecular weight excluding hydrogens is 401 g/mol. The molecule has 74 valence electrons. The van der Waals surface area contributed by atoms with Gasteiger partial charge in [-0.2, -0.15) is 0 Å². The molecule has 1 aromatic carbocycles. The summed E-state index contributed by atoms with van der Waals surface area (Å²) in [6, 6.07) is 8.73. The largest absolute Gasteiger partial charge is 1.00 e. The van der Waals surface area contributed by atoms with Gasteiger partial charge in [0.25, 0.3) is 0 Å². The van der Waals surface area contributed by atoms with E-state index in [1.54, 1.807) is 3.40 Å². The van der Waals surface area contributed by atoms with Gasteiger partial charge in [0.15, 0.2) is 0 Å². The summed E-state index contributed by atoms with van der Waals surface area (Å²) in [5.41, 5.74) is 1.45. The fourth-order valence-electron chi connectivity index (χ4n) is 1.53. The molecule has 0 aliphatic rings. The molecule has 0 aliphatic carbocycles. The molecule has 2 rings (SSSR count). The Balaban J connectivity index is 0.000000980. The van der Waals surface area contributed by atoms with Gasteiger partial charge in [-0.05, 0) is 0 Å². The number of aromatic nitrogens is 1. The number of benzene rings is 1. The van der Waals surface area contributed by atoms with E-state index in [4.69, 9.17) is 0 Å². The average molecular weight is 413 g/mol. The fourth-order valence-corrected chi connectivity index (χ4v) is 4.39. The molecule has 2 aromatic rings. The van der Waals surface area contributed by atoms with Crippen LogP contribution in [0.3, 0.4) is 0 Å². The molecule has 0 saturated heterocycles. The average Bonchev–Trinajstić information content (AvgIpc) is 2.44. The summed E-state index contributed by atoms with van der Waals surface area (Å²) in [7, 11) is 2.20. The van der Waals surface area contributed by atoms with Crippen LogP contribution in [0.2, 0.25) is 0 Å². The Labute approximate surface area is 111 Å². The van der Waals surface area contributed by atoms with Crippen LogP contribution >= 0.6 is 0 Å². The minimum Gasteiger partial charge on any atom is -1.00 e. The Kier molecular flexibility index (Phi) is 4.62. The van der Waals surface area contributed by atoms with E-state index >= 15 is 0 Å². The minimum atomic E-state index is -0.124. The van der Waals surface area contributed by atoms with Gasteiger partial charge in [0.1, 0.15) is 0 Å². The summed E-state index contributed by atoms with van der Waals surface area (Å²) >= 11 is -0.124. The van der Waals surface area contributed by atoms with Crippen molar-refractivity contribution >= 4 is 29.5 Å². The predicted octanol–water partition coefficient (Wildman–Crippen LogP) is -1.55. The zero-order chi connectivity index (χ0) is 9.26. The van der Waals surface area contributed by atoms with Gasteiger partial charge in [-0.25, -0.2) is 0 Å². The summed E-state index contributed by atoms with van der Waals surface area (Å²) < 4.78 is 3.99. The van der Waals surface area contributed by atoms with Gasteiger partial charge in [0.2, 0.25) is 0 Å². The molecule has 1 nitrogen and oxygen atoms in total. The Hall–Kier alpha value is 0.150. The Morgan fingerprint density at radius 1 is 1.43 bits per heavy atom. The molecule has 0 atom stereocenters. The van der Waals surface area contributed by atoms with Crippen LogP contribution in [0.4, 0.5) is 0 Å². The zero-order valence-corrected chi connectivity index (χ0v) is 12.5. The van der Waals surface area contributed by atoms with Crippen LogP contribution in [-0.2, 0) is 13.5 Å². The fraction of sp³-hybridized carbons (Fsp3) is 0.182. The van der Waals surface area contributed by atoms with Crippen LogP contribution in [0.1, 0.15) is 5.69 Å². The Bertz CT molecular complexity index is 447. The molecule has 1 aromatic heterocycles. The van der Waals surface area contributed by atoms with Crippen molar-refractivity contribution in [1.82, 2.24) is 0 Å². The van der Waals surface area contributed by atoms with Gasteiger partial charge in [0, 0.05) is 0 Å². The third kappa shape index (κ3) is 2.21. The molecule has 0 fully saturated rings. The van der Waals surface area contributed by atoms with Gasteiger partial charge in [0.05, 0.1) is 0 Å². The zero-order valence-electron chi connectivity index (χ0n) is 8.03. The molecule has 0 N–H and O–H groups in total. The van der Waals surface area contributed by atoms with Gasteiger partial charge in [-0.15, -0.1) is 0 Å². The van der Waals surface area contributed by atoms with E-state index in [0.29, 0.717) is 0 Å². The first-order chi connectivity index (χ1) is 6.33. The molecular formula is C11H12INTe. The second-order valence-corrected chi connectivity index (χ2v) is 6.36. The van der Waals surface area contributed by atoms with Crippen molar-refractivity contribution in [3.8, 4) is 0 Å². The van der Waals surface area contributed by atoms with E-state index in [9.17, 15) is 0 Å². The second-order valence-electron chi connectivity index (χ2n) is 3.02. The molecule has 0 spiro atoms. The van der Waals surface area contributed by atoms with Crippen LogP contribution in [0, 0.1) is 0 Å². The first kappa shape index (κ1) is 12.2. The predicted molar refractivity (Wildman–Crippen MR) is 56.0 cm³/mol. The normalized spacial score (nSPS) is 9.79. The van der Waals surface area contributed by atoms with Crippen molar-refractivity contribution in [2.45, 2.75) is 6.42 Å². The monoisotopic (exact) mass is 415 g/mol. The Morgan fingerprint density at radius 2 is 2.14 bits per heavy atom. The molecule has 3 heteroatoms. The maximum atomic E-state index is 3.80. The number of aryl methyl sites for hydroxylation is 1. The number of hydrogen-bond donors (Lipinski definition) is 0. The minimum absolute atomic E-state index is 0. The molecule has 0 unspecified atom stereocenters. The van der Waals surface area contributed by atoms with Crippen molar-refractivity contribution in [2.24, 2.45) is 7.05 Å². The molecule has 14 heavy (non-hydrogen) atoms. The van der Waals surface area contributed by atoms with Crippen molar-refractivity contribution < 1.29 is 26.8 Å². The van der Waals surface area contributed by atoms with E-state index in [1.165, 1.54) is 11.1 Å². The van der Waals surface area contributed by atoms with E-state index in [-0.39, 0.29) is 44.7 Å². The number of allylic oxidation sites excluding steroid dienone is 1. The van der Waals surface area contributed by atoms with Crippen LogP contribution in [0.25, 0.3) is 8.79 Å². The summed E-state index contributed by atoms with van der Waals surface area (Å²) in [5, 5.41) is 1.45.